The molecule has 0 fully saturated rings. The lowest BCUT2D eigenvalue weighted by Crippen LogP contribution is -2.35. The minimum Gasteiger partial charge on any atom is -0.382 e. The van der Waals surface area contributed by atoms with Crippen LogP contribution >= 0.6 is 0 Å². The third kappa shape index (κ3) is 4.27. The van der Waals surface area contributed by atoms with Crippen molar-refractivity contribution in [3.63, 3.8) is 0 Å². The lowest BCUT2D eigenvalue weighted by molar-refractivity contribution is 0.0753. The molecular weight excluding hydrogens is 250 g/mol. The minimum absolute atomic E-state index is 0.0293. The molecule has 108 valence electrons. The summed E-state index contributed by atoms with van der Waals surface area (Å²) in [6.07, 6.45) is 0. The van der Waals surface area contributed by atoms with Gasteiger partial charge >= 0.3 is 0 Å². The molecule has 0 aliphatic carbocycles. The molecule has 0 radical (unpaired) electrons. The summed E-state index contributed by atoms with van der Waals surface area (Å²) in [7, 11) is 0. The van der Waals surface area contributed by atoms with Crippen LogP contribution in [0.15, 0.2) is 24.3 Å². The number of hydrogen-bond donors (Lipinski definition) is 1. The standard InChI is InChI=1S/C16H23N3O/c1-5-19(11-13(4)10-17)16(20)14-8-6-7-9-15(14)18-12(2)3/h6-9,12-13,18H,5,11H2,1-4H3. The number of carbonyl (C=O) groups excluding carboxylic acids is 1. The summed E-state index contributed by atoms with van der Waals surface area (Å²) >= 11 is 0. The molecule has 1 amide bonds. The van der Waals surface area contributed by atoms with E-state index < -0.39 is 0 Å². The van der Waals surface area contributed by atoms with Crippen molar-refractivity contribution in [2.24, 2.45) is 5.92 Å². The van der Waals surface area contributed by atoms with Gasteiger partial charge in [-0.2, -0.15) is 5.26 Å². The molecular formula is C16H23N3O. The topological polar surface area (TPSA) is 56.1 Å². The zero-order valence-corrected chi connectivity index (χ0v) is 12.7. The van der Waals surface area contributed by atoms with Crippen LogP contribution in [-0.4, -0.2) is 29.9 Å². The number of amides is 1. The summed E-state index contributed by atoms with van der Waals surface area (Å²) in [4.78, 5) is 14.3. The number of benzene rings is 1. The monoisotopic (exact) mass is 273 g/mol. The van der Waals surface area contributed by atoms with E-state index >= 15 is 0 Å². The molecule has 0 aliphatic heterocycles. The summed E-state index contributed by atoms with van der Waals surface area (Å²) in [5, 5.41) is 12.2. The first-order valence-corrected chi connectivity index (χ1v) is 7.04. The number of nitrogens with zero attached hydrogens (tertiary/aromatic N) is 2. The average Bonchev–Trinajstić information content (AvgIpc) is 2.43. The Kier molecular flexibility index (Phi) is 6.05. The molecule has 0 saturated carbocycles. The molecule has 20 heavy (non-hydrogen) atoms. The highest BCUT2D eigenvalue weighted by molar-refractivity contribution is 5.99. The normalized spacial score (nSPS) is 11.8. The predicted octanol–water partition coefficient (Wildman–Crippen LogP) is 3.13. The minimum atomic E-state index is -0.163. The summed E-state index contributed by atoms with van der Waals surface area (Å²) in [5.74, 6) is -0.192. The van der Waals surface area contributed by atoms with Gasteiger partial charge in [-0.3, -0.25) is 4.79 Å². The molecule has 4 nitrogen and oxygen atoms in total. The molecule has 1 unspecified atom stereocenters. The van der Waals surface area contributed by atoms with Crippen molar-refractivity contribution in [1.29, 1.82) is 5.26 Å². The third-order valence-corrected chi connectivity index (χ3v) is 2.99. The molecule has 0 aromatic heterocycles. The summed E-state index contributed by atoms with van der Waals surface area (Å²) < 4.78 is 0. The number of anilines is 1. The second-order valence-electron chi connectivity index (χ2n) is 5.22. The number of nitrogens with one attached hydrogen (secondary N) is 1. The Morgan fingerprint density at radius 3 is 2.55 bits per heavy atom. The average molecular weight is 273 g/mol. The predicted molar refractivity (Wildman–Crippen MR) is 81.6 cm³/mol. The Balaban J connectivity index is 2.98. The van der Waals surface area contributed by atoms with Gasteiger partial charge in [-0.05, 0) is 39.8 Å². The van der Waals surface area contributed by atoms with Crippen molar-refractivity contribution in [3.05, 3.63) is 29.8 Å². The molecule has 0 saturated heterocycles. The number of rotatable bonds is 6. The smallest absolute Gasteiger partial charge is 0.255 e. The van der Waals surface area contributed by atoms with Crippen LogP contribution in [0, 0.1) is 17.2 Å². The SMILES string of the molecule is CCN(CC(C)C#N)C(=O)c1ccccc1NC(C)C. The Morgan fingerprint density at radius 2 is 2.00 bits per heavy atom. The van der Waals surface area contributed by atoms with Crippen molar-refractivity contribution < 1.29 is 4.79 Å². The molecule has 0 aliphatic rings. The van der Waals surface area contributed by atoms with Gasteiger partial charge in [0, 0.05) is 24.8 Å². The maximum Gasteiger partial charge on any atom is 0.255 e. The van der Waals surface area contributed by atoms with Gasteiger partial charge in [0.15, 0.2) is 0 Å². The Hall–Kier alpha value is -2.02. The van der Waals surface area contributed by atoms with Crippen LogP contribution < -0.4 is 5.32 Å². The number of nitriles is 1. The van der Waals surface area contributed by atoms with Gasteiger partial charge in [0.1, 0.15) is 0 Å². The molecule has 1 aromatic rings. The van der Waals surface area contributed by atoms with Gasteiger partial charge in [0.25, 0.3) is 5.91 Å². The van der Waals surface area contributed by atoms with Crippen molar-refractivity contribution >= 4 is 11.6 Å². The van der Waals surface area contributed by atoms with Crippen molar-refractivity contribution in [2.45, 2.75) is 33.7 Å². The Bertz CT molecular complexity index is 491. The molecule has 1 atom stereocenters. The molecule has 0 spiro atoms. The fraction of sp³-hybridized carbons (Fsp3) is 0.500. The van der Waals surface area contributed by atoms with E-state index in [4.69, 9.17) is 5.26 Å². The van der Waals surface area contributed by atoms with Crippen molar-refractivity contribution in [1.82, 2.24) is 4.90 Å². The zero-order valence-electron chi connectivity index (χ0n) is 12.7. The highest BCUT2D eigenvalue weighted by Gasteiger charge is 2.19. The lowest BCUT2D eigenvalue weighted by atomic mass is 10.1. The lowest BCUT2D eigenvalue weighted by Gasteiger charge is -2.24. The maximum atomic E-state index is 12.6. The van der Waals surface area contributed by atoms with E-state index in [0.29, 0.717) is 18.7 Å². The number of para-hydroxylation sites is 1. The van der Waals surface area contributed by atoms with Crippen LogP contribution in [0.1, 0.15) is 38.1 Å². The Labute approximate surface area is 121 Å². The number of hydrogen-bond acceptors (Lipinski definition) is 3. The van der Waals surface area contributed by atoms with E-state index in [-0.39, 0.29) is 17.9 Å². The highest BCUT2D eigenvalue weighted by atomic mass is 16.2. The van der Waals surface area contributed by atoms with Crippen LogP contribution in [0.2, 0.25) is 0 Å². The van der Waals surface area contributed by atoms with Gasteiger partial charge < -0.3 is 10.2 Å². The van der Waals surface area contributed by atoms with Crippen molar-refractivity contribution in [3.8, 4) is 6.07 Å². The van der Waals surface area contributed by atoms with Crippen LogP contribution in [-0.2, 0) is 0 Å². The van der Waals surface area contributed by atoms with E-state index in [1.165, 1.54) is 0 Å². The molecule has 4 heteroatoms. The molecule has 1 aromatic carbocycles. The van der Waals surface area contributed by atoms with Crippen LogP contribution in [0.25, 0.3) is 0 Å². The maximum absolute atomic E-state index is 12.6. The molecule has 1 rings (SSSR count). The van der Waals surface area contributed by atoms with E-state index in [0.717, 1.165) is 5.69 Å². The second kappa shape index (κ2) is 7.54. The first-order valence-electron chi connectivity index (χ1n) is 7.04. The first-order chi connectivity index (χ1) is 9.49. The van der Waals surface area contributed by atoms with Gasteiger partial charge in [0.2, 0.25) is 0 Å². The summed E-state index contributed by atoms with van der Waals surface area (Å²) in [5.41, 5.74) is 1.50. The van der Waals surface area contributed by atoms with Gasteiger partial charge in [-0.15, -0.1) is 0 Å². The highest BCUT2D eigenvalue weighted by Crippen LogP contribution is 2.18. The second-order valence-corrected chi connectivity index (χ2v) is 5.22. The third-order valence-electron chi connectivity index (χ3n) is 2.99. The zero-order chi connectivity index (χ0) is 15.1. The van der Waals surface area contributed by atoms with Gasteiger partial charge in [-0.25, -0.2) is 0 Å². The van der Waals surface area contributed by atoms with E-state index in [1.807, 2.05) is 52.0 Å². The van der Waals surface area contributed by atoms with Gasteiger partial charge in [-0.1, -0.05) is 12.1 Å². The molecule has 0 heterocycles. The quantitative estimate of drug-likeness (QED) is 0.866. The summed E-state index contributed by atoms with van der Waals surface area (Å²) in [6, 6.07) is 9.95. The molecule has 0 bridgehead atoms. The first kappa shape index (κ1) is 16.0. The largest absolute Gasteiger partial charge is 0.382 e. The van der Waals surface area contributed by atoms with E-state index in [2.05, 4.69) is 11.4 Å². The van der Waals surface area contributed by atoms with Crippen LogP contribution in [0.4, 0.5) is 5.69 Å². The Morgan fingerprint density at radius 1 is 1.35 bits per heavy atom. The van der Waals surface area contributed by atoms with Crippen LogP contribution in [0.5, 0.6) is 0 Å². The number of carbonyl (C=O) groups is 1. The van der Waals surface area contributed by atoms with E-state index in [9.17, 15) is 4.79 Å². The van der Waals surface area contributed by atoms with Crippen LogP contribution in [0.3, 0.4) is 0 Å². The molecule has 1 N–H and O–H groups in total. The summed E-state index contributed by atoms with van der Waals surface area (Å²) in [6.45, 7) is 8.89. The fourth-order valence-electron chi connectivity index (χ4n) is 2.00. The van der Waals surface area contributed by atoms with Gasteiger partial charge in [0.05, 0.1) is 17.6 Å². The van der Waals surface area contributed by atoms with Crippen molar-refractivity contribution in [2.75, 3.05) is 18.4 Å². The van der Waals surface area contributed by atoms with E-state index in [1.54, 1.807) is 4.90 Å². The fourth-order valence-corrected chi connectivity index (χ4v) is 2.00.